The predicted molar refractivity (Wildman–Crippen MR) is 112 cm³/mol. The van der Waals surface area contributed by atoms with Crippen LogP contribution in [0.1, 0.15) is 63.4 Å². The summed E-state index contributed by atoms with van der Waals surface area (Å²) in [6, 6.07) is 8.39. The summed E-state index contributed by atoms with van der Waals surface area (Å²) in [5.41, 5.74) is 3.35. The zero-order valence-corrected chi connectivity index (χ0v) is 16.8. The second-order valence-electron chi connectivity index (χ2n) is 7.66. The number of halogens is 1. The molecule has 2 aliphatic rings. The van der Waals surface area contributed by atoms with Gasteiger partial charge in [0.05, 0.1) is 5.71 Å². The highest BCUT2D eigenvalue weighted by Crippen LogP contribution is 2.24. The van der Waals surface area contributed by atoms with Crippen LogP contribution in [-0.2, 0) is 4.84 Å². The van der Waals surface area contributed by atoms with E-state index in [2.05, 4.69) is 16.5 Å². The molecule has 3 rings (SSSR count). The third-order valence-electron chi connectivity index (χ3n) is 5.38. The predicted octanol–water partition coefficient (Wildman–Crippen LogP) is 4.95. The first-order valence-corrected chi connectivity index (χ1v) is 10.7. The van der Waals surface area contributed by atoms with E-state index in [1.165, 1.54) is 44.1 Å². The van der Waals surface area contributed by atoms with Crippen LogP contribution in [0.15, 0.2) is 35.0 Å². The van der Waals surface area contributed by atoms with E-state index in [-0.39, 0.29) is 6.61 Å². The summed E-state index contributed by atoms with van der Waals surface area (Å²) in [5, 5.41) is 18.7. The average molecular weight is 391 g/mol. The minimum atomic E-state index is -0.524. The third-order valence-corrected chi connectivity index (χ3v) is 5.63. The van der Waals surface area contributed by atoms with E-state index >= 15 is 0 Å². The van der Waals surface area contributed by atoms with Gasteiger partial charge in [0, 0.05) is 17.6 Å². The number of allylic oxidation sites excluding steroid dienone is 1. The van der Waals surface area contributed by atoms with Crippen LogP contribution in [0.5, 0.6) is 0 Å². The maximum absolute atomic E-state index is 10.2. The van der Waals surface area contributed by atoms with E-state index in [1.807, 2.05) is 24.3 Å². The summed E-state index contributed by atoms with van der Waals surface area (Å²) in [7, 11) is 0. The van der Waals surface area contributed by atoms with Crippen molar-refractivity contribution in [2.45, 2.75) is 69.9 Å². The molecule has 0 heterocycles. The van der Waals surface area contributed by atoms with Crippen LogP contribution in [0.3, 0.4) is 0 Å². The molecule has 1 unspecified atom stereocenters. The standard InChI is InChI=1S/C22H31ClN2O2/c23-19-12-10-17(11-13-19)14-18-6-4-5-9-22(18)25-27-16-21(26)15-24-20-7-2-1-3-8-20/h10-14,20-21,24,26H,1-9,15-16H2/b18-14+,25-22+. The number of benzene rings is 1. The van der Waals surface area contributed by atoms with Gasteiger partial charge in [-0.15, -0.1) is 0 Å². The molecule has 0 radical (unpaired) electrons. The Morgan fingerprint density at radius 2 is 1.85 bits per heavy atom. The third kappa shape index (κ3) is 6.95. The van der Waals surface area contributed by atoms with Crippen molar-refractivity contribution in [2.75, 3.05) is 13.2 Å². The first-order valence-electron chi connectivity index (χ1n) is 10.3. The number of nitrogens with zero attached hydrogens (tertiary/aromatic N) is 1. The Morgan fingerprint density at radius 1 is 1.11 bits per heavy atom. The van der Waals surface area contributed by atoms with Gasteiger partial charge < -0.3 is 15.3 Å². The molecule has 1 aromatic carbocycles. The fraction of sp³-hybridized carbons (Fsp3) is 0.591. The van der Waals surface area contributed by atoms with Crippen LogP contribution in [-0.4, -0.2) is 36.1 Å². The summed E-state index contributed by atoms with van der Waals surface area (Å²) in [5.74, 6) is 0. The first kappa shape index (κ1) is 20.4. The Hall–Kier alpha value is -1.36. The molecule has 0 saturated heterocycles. The lowest BCUT2D eigenvalue weighted by Gasteiger charge is -2.24. The van der Waals surface area contributed by atoms with Crippen LogP contribution < -0.4 is 5.32 Å². The fourth-order valence-electron chi connectivity index (χ4n) is 3.80. The van der Waals surface area contributed by atoms with Gasteiger partial charge in [0.1, 0.15) is 12.7 Å². The van der Waals surface area contributed by atoms with Gasteiger partial charge >= 0.3 is 0 Å². The van der Waals surface area contributed by atoms with Crippen molar-refractivity contribution in [1.29, 1.82) is 0 Å². The largest absolute Gasteiger partial charge is 0.393 e. The smallest absolute Gasteiger partial charge is 0.144 e. The molecular formula is C22H31ClN2O2. The number of oxime groups is 1. The summed E-state index contributed by atoms with van der Waals surface area (Å²) >= 11 is 5.96. The van der Waals surface area contributed by atoms with Gasteiger partial charge in [-0.25, -0.2) is 0 Å². The van der Waals surface area contributed by atoms with E-state index < -0.39 is 6.10 Å². The fourth-order valence-corrected chi connectivity index (χ4v) is 3.93. The van der Waals surface area contributed by atoms with Crippen molar-refractivity contribution in [2.24, 2.45) is 5.16 Å². The molecule has 2 saturated carbocycles. The highest BCUT2D eigenvalue weighted by molar-refractivity contribution is 6.30. The minimum Gasteiger partial charge on any atom is -0.393 e. The van der Waals surface area contributed by atoms with Gasteiger partial charge in [0.15, 0.2) is 0 Å². The summed E-state index contributed by atoms with van der Waals surface area (Å²) in [6.45, 7) is 0.806. The Kier molecular flexibility index (Phi) is 8.18. The molecule has 27 heavy (non-hydrogen) atoms. The van der Waals surface area contributed by atoms with Gasteiger partial charge in [0.25, 0.3) is 0 Å². The number of hydrogen-bond acceptors (Lipinski definition) is 4. The highest BCUT2D eigenvalue weighted by atomic mass is 35.5. The minimum absolute atomic E-state index is 0.234. The van der Waals surface area contributed by atoms with Crippen LogP contribution in [0.25, 0.3) is 6.08 Å². The van der Waals surface area contributed by atoms with Gasteiger partial charge in [-0.05, 0) is 67.9 Å². The number of rotatable bonds is 7. The quantitative estimate of drug-likeness (QED) is 0.647. The molecule has 148 valence electrons. The van der Waals surface area contributed by atoms with E-state index in [1.54, 1.807) is 0 Å². The molecule has 5 heteroatoms. The Labute approximate surface area is 167 Å². The Balaban J connectivity index is 1.48. The van der Waals surface area contributed by atoms with Gasteiger partial charge in [0.2, 0.25) is 0 Å². The lowest BCUT2D eigenvalue weighted by molar-refractivity contribution is 0.0379. The molecule has 0 aromatic heterocycles. The van der Waals surface area contributed by atoms with Crippen molar-refractivity contribution in [3.63, 3.8) is 0 Å². The van der Waals surface area contributed by atoms with Crippen LogP contribution in [0, 0.1) is 0 Å². The summed E-state index contributed by atoms with van der Waals surface area (Å²) < 4.78 is 0. The van der Waals surface area contributed by atoms with Crippen LogP contribution in [0.2, 0.25) is 5.02 Å². The van der Waals surface area contributed by atoms with Gasteiger partial charge in [-0.3, -0.25) is 0 Å². The topological polar surface area (TPSA) is 53.8 Å². The van der Waals surface area contributed by atoms with Gasteiger partial charge in [-0.1, -0.05) is 48.2 Å². The van der Waals surface area contributed by atoms with E-state index in [4.69, 9.17) is 16.4 Å². The molecule has 4 nitrogen and oxygen atoms in total. The summed E-state index contributed by atoms with van der Waals surface area (Å²) in [4.78, 5) is 5.50. The zero-order chi connectivity index (χ0) is 18.9. The van der Waals surface area contributed by atoms with Crippen molar-refractivity contribution >= 4 is 23.4 Å². The van der Waals surface area contributed by atoms with Gasteiger partial charge in [-0.2, -0.15) is 0 Å². The van der Waals surface area contributed by atoms with Crippen molar-refractivity contribution in [3.05, 3.63) is 40.4 Å². The zero-order valence-electron chi connectivity index (χ0n) is 16.0. The molecule has 0 amide bonds. The second-order valence-corrected chi connectivity index (χ2v) is 8.10. The lowest BCUT2D eigenvalue weighted by Crippen LogP contribution is -2.38. The van der Waals surface area contributed by atoms with Crippen LogP contribution in [0.4, 0.5) is 0 Å². The SMILES string of the molecule is OC(CNC1CCCCC1)CO/N=C1\CCCC\C1=C/c1ccc(Cl)cc1. The molecule has 2 fully saturated rings. The molecule has 2 aliphatic carbocycles. The van der Waals surface area contributed by atoms with Crippen molar-refractivity contribution in [1.82, 2.24) is 5.32 Å². The molecule has 2 N–H and O–H groups in total. The monoisotopic (exact) mass is 390 g/mol. The lowest BCUT2D eigenvalue weighted by atomic mass is 9.91. The van der Waals surface area contributed by atoms with E-state index in [9.17, 15) is 5.11 Å². The molecule has 0 spiro atoms. The maximum atomic E-state index is 10.2. The Morgan fingerprint density at radius 3 is 2.63 bits per heavy atom. The molecule has 1 aromatic rings. The van der Waals surface area contributed by atoms with Crippen molar-refractivity contribution < 1.29 is 9.94 Å². The molecule has 0 bridgehead atoms. The average Bonchev–Trinajstić information content (AvgIpc) is 2.70. The number of hydrogen-bond donors (Lipinski definition) is 2. The number of aliphatic hydroxyl groups is 1. The number of nitrogens with one attached hydrogen (secondary N) is 1. The highest BCUT2D eigenvalue weighted by Gasteiger charge is 2.16. The van der Waals surface area contributed by atoms with Crippen LogP contribution >= 0.6 is 11.6 Å². The molecule has 1 atom stereocenters. The van der Waals surface area contributed by atoms with E-state index in [0.717, 1.165) is 35.6 Å². The number of aliphatic hydroxyl groups excluding tert-OH is 1. The second kappa shape index (κ2) is 10.8. The molecular weight excluding hydrogens is 360 g/mol. The molecule has 0 aliphatic heterocycles. The summed E-state index contributed by atoms with van der Waals surface area (Å²) in [6.07, 6.45) is 12.2. The first-order chi connectivity index (χ1) is 13.2. The Bertz CT molecular complexity index is 636. The van der Waals surface area contributed by atoms with Crippen molar-refractivity contribution in [3.8, 4) is 0 Å². The maximum Gasteiger partial charge on any atom is 0.144 e. The normalized spacial score (nSPS) is 22.9. The van der Waals surface area contributed by atoms with E-state index in [0.29, 0.717) is 12.6 Å².